The highest BCUT2D eigenvalue weighted by molar-refractivity contribution is 7.10. The van der Waals surface area contributed by atoms with Crippen LogP contribution in [0.1, 0.15) is 16.5 Å². The highest BCUT2D eigenvalue weighted by Crippen LogP contribution is 2.35. The molecule has 0 aliphatic heterocycles. The van der Waals surface area contributed by atoms with Gasteiger partial charge in [0.2, 0.25) is 0 Å². The first kappa shape index (κ1) is 12.6. The van der Waals surface area contributed by atoms with Gasteiger partial charge in [0.15, 0.2) is 0 Å². The minimum absolute atomic E-state index is 0.0824. The average Bonchev–Trinajstić information content (AvgIpc) is 3.06. The maximum atomic E-state index is 6.60. The van der Waals surface area contributed by atoms with Gasteiger partial charge >= 0.3 is 0 Å². The molecule has 0 aliphatic rings. The van der Waals surface area contributed by atoms with Crippen molar-refractivity contribution in [3.63, 3.8) is 0 Å². The second kappa shape index (κ2) is 4.99. The maximum Gasteiger partial charge on any atom is 0.0658 e. The Balaban J connectivity index is 2.11. The molecule has 3 aromatic carbocycles. The van der Waals surface area contributed by atoms with Crippen molar-refractivity contribution in [2.75, 3.05) is 0 Å². The molecule has 0 amide bonds. The Morgan fingerprint density at radius 1 is 0.762 bits per heavy atom. The number of nitrogens with two attached hydrogens (primary N) is 1. The van der Waals surface area contributed by atoms with Crippen LogP contribution in [0.2, 0.25) is 0 Å². The summed E-state index contributed by atoms with van der Waals surface area (Å²) in [5, 5.41) is 7.08. The van der Waals surface area contributed by atoms with Crippen LogP contribution in [-0.2, 0) is 0 Å². The lowest BCUT2D eigenvalue weighted by Crippen LogP contribution is -2.11. The van der Waals surface area contributed by atoms with Gasteiger partial charge < -0.3 is 5.73 Å². The fraction of sp³-hybridized carbons (Fsp3) is 0.0526. The summed E-state index contributed by atoms with van der Waals surface area (Å²) < 4.78 is 0. The fourth-order valence-electron chi connectivity index (χ4n) is 2.99. The highest BCUT2D eigenvalue weighted by Gasteiger charge is 2.16. The van der Waals surface area contributed by atoms with E-state index in [9.17, 15) is 0 Å². The third kappa shape index (κ3) is 2.04. The molecule has 21 heavy (non-hydrogen) atoms. The normalized spacial score (nSPS) is 12.8. The third-order valence-electron chi connectivity index (χ3n) is 3.97. The molecule has 0 bridgehead atoms. The molecule has 4 aromatic rings. The molecule has 102 valence electrons. The predicted molar refractivity (Wildman–Crippen MR) is 91.8 cm³/mol. The molecule has 1 heterocycles. The minimum Gasteiger partial charge on any atom is -0.320 e. The molecule has 0 saturated heterocycles. The van der Waals surface area contributed by atoms with Crippen LogP contribution in [0.4, 0.5) is 0 Å². The Kier molecular flexibility index (Phi) is 2.99. The summed E-state index contributed by atoms with van der Waals surface area (Å²) in [4.78, 5) is 1.21. The second-order valence-corrected chi connectivity index (χ2v) is 6.20. The molecule has 4 rings (SSSR count). The van der Waals surface area contributed by atoms with Gasteiger partial charge in [0, 0.05) is 4.88 Å². The van der Waals surface area contributed by atoms with Crippen molar-refractivity contribution in [2.45, 2.75) is 6.04 Å². The molecule has 1 aromatic heterocycles. The van der Waals surface area contributed by atoms with Crippen LogP contribution in [0, 0.1) is 0 Å². The van der Waals surface area contributed by atoms with E-state index in [2.05, 4.69) is 72.1 Å². The smallest absolute Gasteiger partial charge is 0.0658 e. The summed E-state index contributed by atoms with van der Waals surface area (Å²) in [5.74, 6) is 0. The first-order valence-electron chi connectivity index (χ1n) is 7.04. The third-order valence-corrected chi connectivity index (χ3v) is 4.93. The Labute approximate surface area is 127 Å². The lowest BCUT2D eigenvalue weighted by molar-refractivity contribution is 0.913. The van der Waals surface area contributed by atoms with Gasteiger partial charge in [-0.3, -0.25) is 0 Å². The number of hydrogen-bond acceptors (Lipinski definition) is 2. The van der Waals surface area contributed by atoms with Crippen molar-refractivity contribution in [3.05, 3.63) is 82.6 Å². The van der Waals surface area contributed by atoms with Gasteiger partial charge in [-0.25, -0.2) is 0 Å². The fourth-order valence-corrected chi connectivity index (χ4v) is 3.73. The Morgan fingerprint density at radius 2 is 1.38 bits per heavy atom. The van der Waals surface area contributed by atoms with Crippen LogP contribution in [0.5, 0.6) is 0 Å². The maximum absolute atomic E-state index is 6.60. The molecule has 0 spiro atoms. The van der Waals surface area contributed by atoms with E-state index >= 15 is 0 Å². The number of rotatable bonds is 2. The van der Waals surface area contributed by atoms with Gasteiger partial charge in [-0.15, -0.1) is 11.3 Å². The molecule has 0 saturated carbocycles. The molecule has 2 N–H and O–H groups in total. The molecule has 2 heteroatoms. The zero-order valence-electron chi connectivity index (χ0n) is 11.5. The Morgan fingerprint density at radius 3 is 1.95 bits per heavy atom. The van der Waals surface area contributed by atoms with E-state index in [-0.39, 0.29) is 6.04 Å². The Hall–Kier alpha value is -2.16. The molecule has 1 atom stereocenters. The van der Waals surface area contributed by atoms with E-state index < -0.39 is 0 Å². The summed E-state index contributed by atoms with van der Waals surface area (Å²) in [6.45, 7) is 0. The topological polar surface area (TPSA) is 26.0 Å². The monoisotopic (exact) mass is 289 g/mol. The van der Waals surface area contributed by atoms with Crippen molar-refractivity contribution < 1.29 is 0 Å². The summed E-state index contributed by atoms with van der Waals surface area (Å²) in [6.07, 6.45) is 0. The lowest BCUT2D eigenvalue weighted by atomic mass is 9.92. The van der Waals surface area contributed by atoms with Crippen LogP contribution >= 0.6 is 11.3 Å². The molecule has 0 aliphatic carbocycles. The van der Waals surface area contributed by atoms with Crippen LogP contribution in [0.15, 0.2) is 72.1 Å². The average molecular weight is 289 g/mol. The van der Waals surface area contributed by atoms with E-state index in [0.29, 0.717) is 0 Å². The lowest BCUT2D eigenvalue weighted by Gasteiger charge is -2.17. The largest absolute Gasteiger partial charge is 0.320 e. The molecule has 0 fully saturated rings. The van der Waals surface area contributed by atoms with E-state index in [1.807, 2.05) is 0 Å². The standard InChI is InChI=1S/C19H15NS/c20-19(17-10-5-11-21-17)18-15-8-3-1-6-13(15)12-14-7-2-4-9-16(14)18/h1-12,19H,20H2/t19-/m1/s1. The van der Waals surface area contributed by atoms with Crippen molar-refractivity contribution in [1.29, 1.82) is 0 Å². The molecular weight excluding hydrogens is 274 g/mol. The van der Waals surface area contributed by atoms with E-state index in [1.54, 1.807) is 11.3 Å². The first-order valence-corrected chi connectivity index (χ1v) is 7.92. The summed E-state index contributed by atoms with van der Waals surface area (Å²) >= 11 is 1.72. The van der Waals surface area contributed by atoms with Crippen molar-refractivity contribution >= 4 is 32.9 Å². The zero-order chi connectivity index (χ0) is 14.2. The SMILES string of the molecule is N[C@H](c1cccs1)c1c2ccccc2cc2ccccc12. The van der Waals surface area contributed by atoms with Gasteiger partial charge in [-0.05, 0) is 44.6 Å². The summed E-state index contributed by atoms with van der Waals surface area (Å²) in [7, 11) is 0. The Bertz CT molecular complexity index is 855. The molecule has 0 unspecified atom stereocenters. The van der Waals surface area contributed by atoms with Crippen LogP contribution in [0.3, 0.4) is 0 Å². The number of hydrogen-bond donors (Lipinski definition) is 1. The van der Waals surface area contributed by atoms with Gasteiger partial charge in [0.25, 0.3) is 0 Å². The molecule has 1 nitrogen and oxygen atoms in total. The van der Waals surface area contributed by atoms with Crippen molar-refractivity contribution in [3.8, 4) is 0 Å². The zero-order valence-corrected chi connectivity index (χ0v) is 12.3. The van der Waals surface area contributed by atoms with Crippen LogP contribution < -0.4 is 5.73 Å². The summed E-state index contributed by atoms with van der Waals surface area (Å²) in [5.41, 5.74) is 7.83. The minimum atomic E-state index is -0.0824. The molecular formula is C19H15NS. The second-order valence-electron chi connectivity index (χ2n) is 5.23. The quantitative estimate of drug-likeness (QED) is 0.510. The highest BCUT2D eigenvalue weighted by atomic mass is 32.1. The van der Waals surface area contributed by atoms with E-state index in [4.69, 9.17) is 5.73 Å². The van der Waals surface area contributed by atoms with Gasteiger partial charge in [-0.1, -0.05) is 54.6 Å². The van der Waals surface area contributed by atoms with Gasteiger partial charge in [-0.2, -0.15) is 0 Å². The van der Waals surface area contributed by atoms with E-state index in [1.165, 1.54) is 32.0 Å². The van der Waals surface area contributed by atoms with Gasteiger partial charge in [0.1, 0.15) is 0 Å². The number of fused-ring (bicyclic) bond motifs is 2. The van der Waals surface area contributed by atoms with E-state index in [0.717, 1.165) is 0 Å². The van der Waals surface area contributed by atoms with Crippen molar-refractivity contribution in [2.24, 2.45) is 5.73 Å². The number of benzene rings is 3. The summed E-state index contributed by atoms with van der Waals surface area (Å²) in [6, 6.07) is 23.3. The van der Waals surface area contributed by atoms with Crippen LogP contribution in [-0.4, -0.2) is 0 Å². The van der Waals surface area contributed by atoms with Crippen molar-refractivity contribution in [1.82, 2.24) is 0 Å². The molecule has 0 radical (unpaired) electrons. The van der Waals surface area contributed by atoms with Crippen LogP contribution in [0.25, 0.3) is 21.5 Å². The first-order chi connectivity index (χ1) is 10.3. The number of thiophene rings is 1. The predicted octanol–water partition coefficient (Wildman–Crippen LogP) is 5.10. The van der Waals surface area contributed by atoms with Gasteiger partial charge in [0.05, 0.1) is 6.04 Å².